The van der Waals surface area contributed by atoms with Crippen molar-refractivity contribution < 1.29 is 22.3 Å². The van der Waals surface area contributed by atoms with Gasteiger partial charge in [0.1, 0.15) is 18.1 Å². The molecule has 1 saturated carbocycles. The topological polar surface area (TPSA) is 94.8 Å². The summed E-state index contributed by atoms with van der Waals surface area (Å²) >= 11 is 6.03. The third-order valence-electron chi connectivity index (χ3n) is 4.42. The molecule has 154 valence electrons. The number of halogens is 2. The van der Waals surface area contributed by atoms with Gasteiger partial charge in [-0.1, -0.05) is 11.6 Å². The van der Waals surface area contributed by atoms with Crippen LogP contribution in [0.2, 0.25) is 5.02 Å². The Morgan fingerprint density at radius 2 is 1.93 bits per heavy atom. The number of benzene rings is 1. The molecule has 1 aromatic carbocycles. The Labute approximate surface area is 171 Å². The van der Waals surface area contributed by atoms with Gasteiger partial charge in [-0.15, -0.1) is 10.2 Å². The summed E-state index contributed by atoms with van der Waals surface area (Å²) in [4.78, 5) is 0. The number of hydrogen-bond acceptors (Lipinski definition) is 6. The molecule has 0 unspecified atom stereocenters. The molecule has 0 saturated heterocycles. The lowest BCUT2D eigenvalue weighted by atomic mass is 10.1. The standard InChI is InChI=1S/C18H18ClFN4O4S/c1-29(25,26)23-18-22-21-17-4-12(16(8-24(17)18)11-2-3-11)9-27-14-5-13(19)6-15(7-14)28-10-20/h4-8,11H,2-3,9-10H2,1H3,(H,22,23). The van der Waals surface area contributed by atoms with Crippen LogP contribution in [-0.4, -0.2) is 36.1 Å². The molecule has 1 fully saturated rings. The van der Waals surface area contributed by atoms with Crippen LogP contribution in [0.15, 0.2) is 30.5 Å². The first kappa shape index (κ1) is 19.7. The van der Waals surface area contributed by atoms with Crippen molar-refractivity contribution in [3.8, 4) is 11.5 Å². The number of rotatable bonds is 8. The number of nitrogens with one attached hydrogen (secondary N) is 1. The van der Waals surface area contributed by atoms with Gasteiger partial charge in [0.25, 0.3) is 0 Å². The molecule has 2 aromatic heterocycles. The number of ether oxygens (including phenoxy) is 2. The Hall–Kier alpha value is -2.59. The normalized spacial score (nSPS) is 14.2. The predicted molar refractivity (Wildman–Crippen MR) is 106 cm³/mol. The Balaban J connectivity index is 1.63. The van der Waals surface area contributed by atoms with Crippen molar-refractivity contribution in [1.29, 1.82) is 0 Å². The number of aromatic nitrogens is 3. The first-order chi connectivity index (χ1) is 13.8. The molecule has 0 amide bonds. The maximum Gasteiger partial charge on any atom is 0.242 e. The van der Waals surface area contributed by atoms with Gasteiger partial charge in [0.15, 0.2) is 5.65 Å². The second kappa shape index (κ2) is 7.68. The van der Waals surface area contributed by atoms with E-state index in [1.165, 1.54) is 6.07 Å². The van der Waals surface area contributed by atoms with Crippen molar-refractivity contribution in [3.63, 3.8) is 0 Å². The average Bonchev–Trinajstić information content (AvgIpc) is 3.41. The molecule has 1 aliphatic rings. The molecule has 3 aromatic rings. The molecular formula is C18H18ClFN4O4S. The van der Waals surface area contributed by atoms with Crippen LogP contribution in [0.4, 0.5) is 10.3 Å². The summed E-state index contributed by atoms with van der Waals surface area (Å²) in [5.74, 6) is 1.24. The van der Waals surface area contributed by atoms with E-state index in [0.29, 0.717) is 22.3 Å². The molecule has 4 rings (SSSR count). The fourth-order valence-corrected chi connectivity index (χ4v) is 3.73. The summed E-state index contributed by atoms with van der Waals surface area (Å²) in [5.41, 5.74) is 2.44. The number of pyridine rings is 1. The molecule has 0 atom stereocenters. The van der Waals surface area contributed by atoms with Gasteiger partial charge in [-0.25, -0.2) is 12.8 Å². The van der Waals surface area contributed by atoms with Crippen molar-refractivity contribution in [1.82, 2.24) is 14.6 Å². The van der Waals surface area contributed by atoms with E-state index in [1.807, 2.05) is 12.3 Å². The summed E-state index contributed by atoms with van der Waals surface area (Å²) in [6.07, 6.45) is 4.99. The molecule has 8 nitrogen and oxygen atoms in total. The molecule has 1 aliphatic carbocycles. The monoisotopic (exact) mass is 440 g/mol. The Morgan fingerprint density at radius 3 is 2.59 bits per heavy atom. The van der Waals surface area contributed by atoms with Crippen LogP contribution in [0.3, 0.4) is 0 Å². The fourth-order valence-electron chi connectivity index (χ4n) is 3.04. The summed E-state index contributed by atoms with van der Waals surface area (Å²) < 4.78 is 50.2. The van der Waals surface area contributed by atoms with Gasteiger partial charge in [0.2, 0.25) is 22.8 Å². The van der Waals surface area contributed by atoms with Crippen molar-refractivity contribution in [2.45, 2.75) is 25.4 Å². The highest BCUT2D eigenvalue weighted by Crippen LogP contribution is 2.42. The van der Waals surface area contributed by atoms with E-state index < -0.39 is 16.9 Å². The van der Waals surface area contributed by atoms with E-state index in [1.54, 1.807) is 16.5 Å². The number of alkyl halides is 1. The predicted octanol–water partition coefficient (Wildman–Crippen LogP) is 3.52. The average molecular weight is 441 g/mol. The molecule has 29 heavy (non-hydrogen) atoms. The molecule has 11 heteroatoms. The SMILES string of the molecule is CS(=O)(=O)Nc1nnc2cc(COc3cc(Cl)cc(OCF)c3)c(C3CC3)cn12. The molecule has 0 spiro atoms. The molecule has 0 radical (unpaired) electrons. The number of hydrogen-bond donors (Lipinski definition) is 1. The highest BCUT2D eigenvalue weighted by Gasteiger charge is 2.28. The lowest BCUT2D eigenvalue weighted by molar-refractivity contribution is 0.190. The Kier molecular flexibility index (Phi) is 5.22. The summed E-state index contributed by atoms with van der Waals surface area (Å²) in [7, 11) is -3.47. The smallest absolute Gasteiger partial charge is 0.242 e. The molecule has 2 heterocycles. The first-order valence-corrected chi connectivity index (χ1v) is 11.1. The third-order valence-corrected chi connectivity index (χ3v) is 5.19. The minimum atomic E-state index is -3.47. The summed E-state index contributed by atoms with van der Waals surface area (Å²) in [5, 5.41) is 8.33. The van der Waals surface area contributed by atoms with E-state index >= 15 is 0 Å². The lowest BCUT2D eigenvalue weighted by Crippen LogP contribution is -2.12. The van der Waals surface area contributed by atoms with Crippen molar-refractivity contribution in [2.75, 3.05) is 17.8 Å². The second-order valence-corrected chi connectivity index (χ2v) is 9.00. The Morgan fingerprint density at radius 1 is 1.21 bits per heavy atom. The zero-order chi connectivity index (χ0) is 20.6. The quantitative estimate of drug-likeness (QED) is 0.576. The molecule has 0 aliphatic heterocycles. The number of anilines is 1. The van der Waals surface area contributed by atoms with Crippen LogP contribution in [0.25, 0.3) is 5.65 Å². The molecule has 1 N–H and O–H groups in total. The van der Waals surface area contributed by atoms with Crippen LogP contribution in [0.1, 0.15) is 29.9 Å². The van der Waals surface area contributed by atoms with Crippen molar-refractivity contribution in [2.24, 2.45) is 0 Å². The van der Waals surface area contributed by atoms with Gasteiger partial charge in [-0.3, -0.25) is 9.12 Å². The Bertz CT molecular complexity index is 1160. The van der Waals surface area contributed by atoms with Gasteiger partial charge in [-0.05, 0) is 48.1 Å². The van der Waals surface area contributed by atoms with Crippen LogP contribution in [0.5, 0.6) is 11.5 Å². The van der Waals surface area contributed by atoms with Crippen molar-refractivity contribution in [3.05, 3.63) is 46.6 Å². The van der Waals surface area contributed by atoms with E-state index in [2.05, 4.69) is 14.9 Å². The third kappa shape index (κ3) is 4.70. The minimum Gasteiger partial charge on any atom is -0.489 e. The van der Waals surface area contributed by atoms with E-state index in [4.69, 9.17) is 21.1 Å². The van der Waals surface area contributed by atoms with Crippen molar-refractivity contribution >= 4 is 33.2 Å². The highest BCUT2D eigenvalue weighted by molar-refractivity contribution is 7.92. The molecular weight excluding hydrogens is 423 g/mol. The van der Waals surface area contributed by atoms with Crippen LogP contribution in [-0.2, 0) is 16.6 Å². The lowest BCUT2D eigenvalue weighted by Gasteiger charge is -2.13. The van der Waals surface area contributed by atoms with Gasteiger partial charge < -0.3 is 9.47 Å². The zero-order valence-corrected chi connectivity index (χ0v) is 17.0. The second-order valence-electron chi connectivity index (χ2n) is 6.82. The van der Waals surface area contributed by atoms with Gasteiger partial charge in [0.05, 0.1) is 6.26 Å². The van der Waals surface area contributed by atoms with Gasteiger partial charge >= 0.3 is 0 Å². The summed E-state index contributed by atoms with van der Waals surface area (Å²) in [6, 6.07) is 6.50. The van der Waals surface area contributed by atoms with Gasteiger partial charge in [-0.2, -0.15) is 0 Å². The number of fused-ring (bicyclic) bond motifs is 1. The molecule has 0 bridgehead atoms. The maximum absolute atomic E-state index is 12.4. The number of sulfonamides is 1. The van der Waals surface area contributed by atoms with E-state index in [0.717, 1.165) is 30.2 Å². The van der Waals surface area contributed by atoms with Crippen LogP contribution in [0, 0.1) is 0 Å². The fraction of sp³-hybridized carbons (Fsp3) is 0.333. The van der Waals surface area contributed by atoms with E-state index in [-0.39, 0.29) is 18.3 Å². The number of nitrogens with zero attached hydrogens (tertiary/aromatic N) is 3. The minimum absolute atomic E-state index is 0.139. The highest BCUT2D eigenvalue weighted by atomic mass is 35.5. The summed E-state index contributed by atoms with van der Waals surface area (Å²) in [6.45, 7) is -0.724. The van der Waals surface area contributed by atoms with Gasteiger partial charge in [0, 0.05) is 17.3 Å². The van der Waals surface area contributed by atoms with E-state index in [9.17, 15) is 12.8 Å². The van der Waals surface area contributed by atoms with Crippen LogP contribution < -0.4 is 14.2 Å². The maximum atomic E-state index is 12.4. The largest absolute Gasteiger partial charge is 0.489 e. The van der Waals surface area contributed by atoms with Crippen LogP contribution >= 0.6 is 11.6 Å². The first-order valence-electron chi connectivity index (χ1n) is 8.80. The zero-order valence-electron chi connectivity index (χ0n) is 15.4.